The van der Waals surface area contributed by atoms with Crippen LogP contribution in [0.1, 0.15) is 32.8 Å². The van der Waals surface area contributed by atoms with Crippen LogP contribution in [-0.4, -0.2) is 38.3 Å². The summed E-state index contributed by atoms with van der Waals surface area (Å²) in [7, 11) is 0. The molecule has 1 aliphatic heterocycles. The van der Waals surface area contributed by atoms with Gasteiger partial charge < -0.3 is 9.64 Å². The van der Waals surface area contributed by atoms with Crippen molar-refractivity contribution in [2.24, 2.45) is 4.99 Å². The van der Waals surface area contributed by atoms with Crippen LogP contribution in [0, 0.1) is 10.1 Å². The Balaban J connectivity index is 1.75. The maximum absolute atomic E-state index is 12.7. The molecule has 0 radical (unpaired) electrons. The Hall–Kier alpha value is -2.87. The Morgan fingerprint density at radius 3 is 2.47 bits per heavy atom. The number of thioether (sulfide) groups is 1. The van der Waals surface area contributed by atoms with Gasteiger partial charge in [0.15, 0.2) is 5.17 Å². The summed E-state index contributed by atoms with van der Waals surface area (Å²) in [6.07, 6.45) is 0.662. The average molecular weight is 428 g/mol. The third-order valence-corrected chi connectivity index (χ3v) is 5.91. The topological polar surface area (TPSA) is 85.0 Å². The lowest BCUT2D eigenvalue weighted by Gasteiger charge is -2.42. The summed E-state index contributed by atoms with van der Waals surface area (Å²) in [4.78, 5) is 29.9. The van der Waals surface area contributed by atoms with Crippen LogP contribution in [0.4, 0.5) is 11.4 Å². The van der Waals surface area contributed by atoms with Crippen LogP contribution >= 0.6 is 11.8 Å². The molecule has 0 bridgehead atoms. The monoisotopic (exact) mass is 427 g/mol. The van der Waals surface area contributed by atoms with Crippen molar-refractivity contribution in [3.05, 3.63) is 70.3 Å². The van der Waals surface area contributed by atoms with Gasteiger partial charge in [-0.25, -0.2) is 4.99 Å². The SMILES string of the molecule is CC(C)(C)N1CCC(C(=O)OCc2ccccc2)SC1=Nc1ccc([N+](=O)[O-])cc1. The van der Waals surface area contributed by atoms with E-state index in [-0.39, 0.29) is 29.1 Å². The number of rotatable bonds is 5. The fourth-order valence-corrected chi connectivity index (χ4v) is 4.34. The van der Waals surface area contributed by atoms with Gasteiger partial charge in [-0.2, -0.15) is 0 Å². The van der Waals surface area contributed by atoms with Crippen molar-refractivity contribution in [2.45, 2.75) is 44.6 Å². The molecule has 158 valence electrons. The molecule has 0 spiro atoms. The zero-order valence-electron chi connectivity index (χ0n) is 17.3. The highest BCUT2D eigenvalue weighted by molar-refractivity contribution is 8.14. The molecular formula is C22H25N3O4S. The fourth-order valence-electron chi connectivity index (χ4n) is 3.05. The number of nitro benzene ring substituents is 1. The summed E-state index contributed by atoms with van der Waals surface area (Å²) in [5.41, 5.74) is 1.40. The van der Waals surface area contributed by atoms with Gasteiger partial charge in [-0.3, -0.25) is 14.9 Å². The second-order valence-corrected chi connectivity index (χ2v) is 9.15. The van der Waals surface area contributed by atoms with E-state index in [1.165, 1.54) is 23.9 Å². The van der Waals surface area contributed by atoms with Crippen LogP contribution in [-0.2, 0) is 16.1 Å². The van der Waals surface area contributed by atoms with E-state index in [0.717, 1.165) is 5.56 Å². The predicted octanol–water partition coefficient (Wildman–Crippen LogP) is 4.93. The van der Waals surface area contributed by atoms with Gasteiger partial charge in [0.1, 0.15) is 11.9 Å². The molecule has 8 heteroatoms. The standard InChI is InChI=1S/C22H25N3O4S/c1-22(2,3)24-14-13-19(20(26)29-15-16-7-5-4-6-8-16)30-21(24)23-17-9-11-18(12-10-17)25(27)28/h4-12,19H,13-15H2,1-3H3. The highest BCUT2D eigenvalue weighted by Crippen LogP contribution is 2.33. The van der Waals surface area contributed by atoms with Gasteiger partial charge in [0.2, 0.25) is 0 Å². The maximum Gasteiger partial charge on any atom is 0.319 e. The average Bonchev–Trinajstić information content (AvgIpc) is 2.72. The molecule has 2 aromatic carbocycles. The number of nitro groups is 1. The van der Waals surface area contributed by atoms with E-state index in [0.29, 0.717) is 23.8 Å². The number of nitrogens with zero attached hydrogens (tertiary/aromatic N) is 3. The highest BCUT2D eigenvalue weighted by atomic mass is 32.2. The van der Waals surface area contributed by atoms with Crippen molar-refractivity contribution < 1.29 is 14.5 Å². The van der Waals surface area contributed by atoms with Crippen LogP contribution in [0.2, 0.25) is 0 Å². The van der Waals surface area contributed by atoms with Gasteiger partial charge >= 0.3 is 5.97 Å². The third kappa shape index (κ3) is 5.60. The number of hydrogen-bond donors (Lipinski definition) is 0. The molecule has 0 saturated carbocycles. The van der Waals surface area contributed by atoms with Gasteiger partial charge in [-0.15, -0.1) is 0 Å². The molecule has 0 amide bonds. The number of non-ortho nitro benzene ring substituents is 1. The number of aliphatic imine (C=N–C) groups is 1. The minimum absolute atomic E-state index is 0.0188. The normalized spacial score (nSPS) is 18.3. The number of carbonyl (C=O) groups excluding carboxylic acids is 1. The lowest BCUT2D eigenvalue weighted by Crippen LogP contribution is -2.49. The second kappa shape index (κ2) is 9.30. The Bertz CT molecular complexity index is 924. The Labute approximate surface area is 180 Å². The van der Waals surface area contributed by atoms with E-state index in [4.69, 9.17) is 9.73 Å². The molecule has 0 N–H and O–H groups in total. The van der Waals surface area contributed by atoms with Gasteiger partial charge in [-0.1, -0.05) is 42.1 Å². The Morgan fingerprint density at radius 1 is 1.20 bits per heavy atom. The summed E-state index contributed by atoms with van der Waals surface area (Å²) in [6.45, 7) is 7.19. The summed E-state index contributed by atoms with van der Waals surface area (Å²) in [5.74, 6) is -0.256. The molecule has 0 aromatic heterocycles. The number of hydrogen-bond acceptors (Lipinski definition) is 6. The van der Waals surface area contributed by atoms with E-state index in [9.17, 15) is 14.9 Å². The number of esters is 1. The first-order valence-electron chi connectivity index (χ1n) is 9.72. The van der Waals surface area contributed by atoms with Gasteiger partial charge in [0.25, 0.3) is 5.69 Å². The second-order valence-electron chi connectivity index (χ2n) is 7.98. The van der Waals surface area contributed by atoms with Crippen LogP contribution in [0.3, 0.4) is 0 Å². The molecule has 3 rings (SSSR count). The minimum atomic E-state index is -0.438. The summed E-state index contributed by atoms with van der Waals surface area (Å²) < 4.78 is 5.52. The molecule has 2 aromatic rings. The van der Waals surface area contributed by atoms with E-state index < -0.39 is 4.92 Å². The van der Waals surface area contributed by atoms with Crippen molar-refractivity contribution in [2.75, 3.05) is 6.54 Å². The van der Waals surface area contributed by atoms with Crippen molar-refractivity contribution in [3.63, 3.8) is 0 Å². The third-order valence-electron chi connectivity index (χ3n) is 4.68. The first kappa shape index (κ1) is 21.8. The maximum atomic E-state index is 12.7. The summed E-state index contributed by atoms with van der Waals surface area (Å²) in [6, 6.07) is 15.7. The predicted molar refractivity (Wildman–Crippen MR) is 119 cm³/mol. The number of benzene rings is 2. The fraction of sp³-hybridized carbons (Fsp3) is 0.364. The lowest BCUT2D eigenvalue weighted by molar-refractivity contribution is -0.384. The first-order chi connectivity index (χ1) is 14.2. The summed E-state index contributed by atoms with van der Waals surface area (Å²) >= 11 is 1.38. The smallest absolute Gasteiger partial charge is 0.319 e. The van der Waals surface area contributed by atoms with Gasteiger partial charge in [-0.05, 0) is 44.9 Å². The molecule has 1 unspecified atom stereocenters. The molecular weight excluding hydrogens is 402 g/mol. The van der Waals surface area contributed by atoms with Gasteiger partial charge in [0.05, 0.1) is 10.6 Å². The number of ether oxygens (including phenoxy) is 1. The van der Waals surface area contributed by atoms with Gasteiger partial charge in [0, 0.05) is 24.2 Å². The van der Waals surface area contributed by atoms with Crippen LogP contribution in [0.5, 0.6) is 0 Å². The zero-order chi connectivity index (χ0) is 21.7. The van der Waals surface area contributed by atoms with Crippen molar-refractivity contribution in [3.8, 4) is 0 Å². The molecule has 7 nitrogen and oxygen atoms in total. The molecule has 0 aliphatic carbocycles. The highest BCUT2D eigenvalue weighted by Gasteiger charge is 2.35. The zero-order valence-corrected chi connectivity index (χ0v) is 18.1. The Morgan fingerprint density at radius 2 is 1.87 bits per heavy atom. The largest absolute Gasteiger partial charge is 0.460 e. The van der Waals surface area contributed by atoms with E-state index >= 15 is 0 Å². The summed E-state index contributed by atoms with van der Waals surface area (Å²) in [5, 5.41) is 11.2. The molecule has 1 atom stereocenters. The van der Waals surface area contributed by atoms with E-state index in [1.807, 2.05) is 30.3 Å². The van der Waals surface area contributed by atoms with Crippen LogP contribution in [0.15, 0.2) is 59.6 Å². The number of amidine groups is 1. The molecule has 1 heterocycles. The van der Waals surface area contributed by atoms with E-state index in [2.05, 4.69) is 25.7 Å². The van der Waals surface area contributed by atoms with Crippen molar-refractivity contribution >= 4 is 34.3 Å². The number of carbonyl (C=O) groups is 1. The Kier molecular flexibility index (Phi) is 6.77. The van der Waals surface area contributed by atoms with Crippen LogP contribution in [0.25, 0.3) is 0 Å². The quantitative estimate of drug-likeness (QED) is 0.382. The van der Waals surface area contributed by atoms with Crippen molar-refractivity contribution in [1.82, 2.24) is 4.90 Å². The molecule has 30 heavy (non-hydrogen) atoms. The lowest BCUT2D eigenvalue weighted by atomic mass is 10.1. The molecule has 1 saturated heterocycles. The minimum Gasteiger partial charge on any atom is -0.460 e. The van der Waals surface area contributed by atoms with Crippen LogP contribution < -0.4 is 0 Å². The van der Waals surface area contributed by atoms with E-state index in [1.54, 1.807) is 12.1 Å². The van der Waals surface area contributed by atoms with Crippen molar-refractivity contribution in [1.29, 1.82) is 0 Å². The molecule has 1 fully saturated rings. The first-order valence-corrected chi connectivity index (χ1v) is 10.6. The molecule has 1 aliphatic rings.